The third kappa shape index (κ3) is 3.99. The van der Waals surface area contributed by atoms with E-state index in [1.54, 1.807) is 11.9 Å². The fraction of sp³-hybridized carbons (Fsp3) is 0.857. The van der Waals surface area contributed by atoms with Gasteiger partial charge in [0.2, 0.25) is 5.91 Å². The molecule has 0 saturated carbocycles. The monoisotopic (exact) mass is 251 g/mol. The first kappa shape index (κ1) is 15.0. The number of carbonyl (C=O) groups excluding carboxylic acids is 1. The highest BCUT2D eigenvalue weighted by molar-refractivity contribution is 5.76. The number of nitriles is 1. The molecule has 2 atom stereocenters. The van der Waals surface area contributed by atoms with Crippen molar-refractivity contribution in [1.29, 1.82) is 5.26 Å². The Morgan fingerprint density at radius 2 is 2.22 bits per heavy atom. The molecule has 0 aromatic rings. The van der Waals surface area contributed by atoms with Crippen LogP contribution in [0.5, 0.6) is 0 Å². The van der Waals surface area contributed by atoms with Gasteiger partial charge in [-0.2, -0.15) is 5.26 Å². The number of hydrogen-bond acceptors (Lipinski definition) is 3. The van der Waals surface area contributed by atoms with Crippen LogP contribution in [-0.4, -0.2) is 47.9 Å². The average molecular weight is 251 g/mol. The van der Waals surface area contributed by atoms with Crippen molar-refractivity contribution in [1.82, 2.24) is 9.80 Å². The lowest BCUT2D eigenvalue weighted by Crippen LogP contribution is -2.38. The summed E-state index contributed by atoms with van der Waals surface area (Å²) in [7, 11) is 1.78. The Morgan fingerprint density at radius 3 is 2.83 bits per heavy atom. The Kier molecular flexibility index (Phi) is 6.14. The largest absolute Gasteiger partial charge is 0.345 e. The summed E-state index contributed by atoms with van der Waals surface area (Å²) in [6, 6.07) is 3.32. The van der Waals surface area contributed by atoms with Gasteiger partial charge in [-0.1, -0.05) is 6.92 Å². The third-order valence-corrected chi connectivity index (χ3v) is 3.99. The first-order chi connectivity index (χ1) is 8.60. The molecule has 0 N–H and O–H groups in total. The quantitative estimate of drug-likeness (QED) is 0.725. The number of amides is 1. The highest BCUT2D eigenvalue weighted by Gasteiger charge is 2.29. The van der Waals surface area contributed by atoms with Gasteiger partial charge in [-0.25, -0.2) is 0 Å². The molecule has 0 radical (unpaired) electrons. The number of carbonyl (C=O) groups is 1. The molecule has 0 aromatic carbocycles. The van der Waals surface area contributed by atoms with Crippen molar-refractivity contribution in [2.45, 2.75) is 58.0 Å². The summed E-state index contributed by atoms with van der Waals surface area (Å²) in [6.45, 7) is 5.87. The second-order valence-corrected chi connectivity index (χ2v) is 5.20. The van der Waals surface area contributed by atoms with Gasteiger partial charge < -0.3 is 4.90 Å². The predicted octanol–water partition coefficient (Wildman–Crippen LogP) is 2.01. The third-order valence-electron chi connectivity index (χ3n) is 3.99. The smallest absolute Gasteiger partial charge is 0.223 e. The van der Waals surface area contributed by atoms with Crippen LogP contribution in [0.4, 0.5) is 0 Å². The van der Waals surface area contributed by atoms with Gasteiger partial charge in [0.15, 0.2) is 0 Å². The van der Waals surface area contributed by atoms with Crippen molar-refractivity contribution in [2.75, 3.05) is 20.1 Å². The van der Waals surface area contributed by atoms with Crippen LogP contribution in [0.3, 0.4) is 0 Å². The van der Waals surface area contributed by atoms with Crippen LogP contribution in [0.1, 0.15) is 46.0 Å². The van der Waals surface area contributed by atoms with E-state index in [1.165, 1.54) is 19.3 Å². The van der Waals surface area contributed by atoms with Crippen LogP contribution in [0, 0.1) is 11.3 Å². The molecular formula is C14H25N3O. The molecule has 1 rings (SSSR count). The van der Waals surface area contributed by atoms with Gasteiger partial charge in [-0.05, 0) is 26.2 Å². The van der Waals surface area contributed by atoms with Gasteiger partial charge in [0.1, 0.15) is 0 Å². The van der Waals surface area contributed by atoms with Crippen LogP contribution in [0.15, 0.2) is 0 Å². The zero-order chi connectivity index (χ0) is 13.5. The molecule has 2 unspecified atom stereocenters. The summed E-state index contributed by atoms with van der Waals surface area (Å²) >= 11 is 0. The highest BCUT2D eigenvalue weighted by atomic mass is 16.2. The van der Waals surface area contributed by atoms with Crippen LogP contribution in [-0.2, 0) is 4.79 Å². The van der Waals surface area contributed by atoms with Gasteiger partial charge in [0, 0.05) is 38.6 Å². The molecule has 1 saturated heterocycles. The molecule has 1 fully saturated rings. The summed E-state index contributed by atoms with van der Waals surface area (Å²) in [6.07, 6.45) is 4.67. The number of hydrogen-bond donors (Lipinski definition) is 0. The minimum absolute atomic E-state index is 0.152. The molecule has 1 heterocycles. The molecule has 102 valence electrons. The lowest BCUT2D eigenvalue weighted by molar-refractivity contribution is -0.130. The molecule has 0 aromatic heterocycles. The van der Waals surface area contributed by atoms with Crippen molar-refractivity contribution in [3.8, 4) is 6.07 Å². The molecule has 0 spiro atoms. The van der Waals surface area contributed by atoms with E-state index >= 15 is 0 Å². The molecule has 0 aliphatic carbocycles. The molecule has 1 amide bonds. The van der Waals surface area contributed by atoms with Crippen LogP contribution in [0.2, 0.25) is 0 Å². The first-order valence-corrected chi connectivity index (χ1v) is 6.96. The Morgan fingerprint density at radius 1 is 1.50 bits per heavy atom. The predicted molar refractivity (Wildman–Crippen MR) is 72.0 cm³/mol. The zero-order valence-electron chi connectivity index (χ0n) is 11.9. The van der Waals surface area contributed by atoms with E-state index in [2.05, 4.69) is 24.8 Å². The molecular weight excluding hydrogens is 226 g/mol. The average Bonchev–Trinajstić information content (AvgIpc) is 2.73. The van der Waals surface area contributed by atoms with Crippen molar-refractivity contribution in [2.24, 2.45) is 0 Å². The van der Waals surface area contributed by atoms with Gasteiger partial charge in [-0.15, -0.1) is 0 Å². The van der Waals surface area contributed by atoms with E-state index < -0.39 is 0 Å². The fourth-order valence-electron chi connectivity index (χ4n) is 2.72. The SMILES string of the molecule is CCC1CCC(C)N1CCC(=O)N(C)CCC#N. The van der Waals surface area contributed by atoms with Crippen LogP contribution < -0.4 is 0 Å². The van der Waals surface area contributed by atoms with Crippen molar-refractivity contribution < 1.29 is 4.79 Å². The van der Waals surface area contributed by atoms with Crippen molar-refractivity contribution in [3.05, 3.63) is 0 Å². The molecule has 18 heavy (non-hydrogen) atoms. The summed E-state index contributed by atoms with van der Waals surface area (Å²) in [4.78, 5) is 16.0. The topological polar surface area (TPSA) is 47.3 Å². The minimum Gasteiger partial charge on any atom is -0.345 e. The molecule has 1 aliphatic rings. The zero-order valence-corrected chi connectivity index (χ0v) is 11.9. The first-order valence-electron chi connectivity index (χ1n) is 6.96. The number of nitrogens with zero attached hydrogens (tertiary/aromatic N) is 3. The van der Waals surface area contributed by atoms with Gasteiger partial charge in [0.25, 0.3) is 0 Å². The Balaban J connectivity index is 2.35. The summed E-state index contributed by atoms with van der Waals surface area (Å²) in [5.41, 5.74) is 0. The van der Waals surface area contributed by atoms with Gasteiger partial charge in [0.05, 0.1) is 12.5 Å². The maximum absolute atomic E-state index is 11.9. The second kappa shape index (κ2) is 7.38. The van der Waals surface area contributed by atoms with E-state index in [0.29, 0.717) is 31.5 Å². The van der Waals surface area contributed by atoms with Crippen molar-refractivity contribution in [3.63, 3.8) is 0 Å². The van der Waals surface area contributed by atoms with E-state index in [1.807, 2.05) is 0 Å². The van der Waals surface area contributed by atoms with Crippen molar-refractivity contribution >= 4 is 5.91 Å². The standard InChI is InChI=1S/C14H25N3O/c1-4-13-7-6-12(2)17(13)11-8-14(18)16(3)10-5-9-15/h12-13H,4-8,10-11H2,1-3H3. The van der Waals surface area contributed by atoms with Gasteiger partial charge in [-0.3, -0.25) is 9.69 Å². The summed E-state index contributed by atoms with van der Waals surface area (Å²) in [5.74, 6) is 0.152. The van der Waals surface area contributed by atoms with E-state index in [-0.39, 0.29) is 5.91 Å². The summed E-state index contributed by atoms with van der Waals surface area (Å²) < 4.78 is 0. The number of likely N-dealkylation sites (tertiary alicyclic amines) is 1. The maximum atomic E-state index is 11.9. The Labute approximate surface area is 111 Å². The molecule has 4 heteroatoms. The fourth-order valence-corrected chi connectivity index (χ4v) is 2.72. The Bertz CT molecular complexity index is 311. The number of rotatable bonds is 6. The molecule has 0 bridgehead atoms. The maximum Gasteiger partial charge on any atom is 0.223 e. The van der Waals surface area contributed by atoms with Crippen LogP contribution in [0.25, 0.3) is 0 Å². The molecule has 4 nitrogen and oxygen atoms in total. The lowest BCUT2D eigenvalue weighted by Gasteiger charge is -2.28. The molecule has 1 aliphatic heterocycles. The highest BCUT2D eigenvalue weighted by Crippen LogP contribution is 2.25. The summed E-state index contributed by atoms with van der Waals surface area (Å²) in [5, 5.41) is 8.50. The Hall–Kier alpha value is -1.08. The normalized spacial score (nSPS) is 23.9. The lowest BCUT2D eigenvalue weighted by atomic mass is 10.1. The minimum atomic E-state index is 0.152. The second-order valence-electron chi connectivity index (χ2n) is 5.20. The van der Waals surface area contributed by atoms with E-state index in [0.717, 1.165) is 6.54 Å². The van der Waals surface area contributed by atoms with E-state index in [9.17, 15) is 4.79 Å². The van der Waals surface area contributed by atoms with Crippen LogP contribution >= 0.6 is 0 Å². The van der Waals surface area contributed by atoms with E-state index in [4.69, 9.17) is 5.26 Å². The van der Waals surface area contributed by atoms with Gasteiger partial charge >= 0.3 is 0 Å².